The van der Waals surface area contributed by atoms with Crippen LogP contribution in [0.4, 0.5) is 52.7 Å². The van der Waals surface area contributed by atoms with Crippen LogP contribution in [0.5, 0.6) is 0 Å². The molecule has 25 nitrogen and oxygen atoms in total. The van der Waals surface area contributed by atoms with E-state index in [1.807, 2.05) is 6.92 Å². The number of halogens is 12. The fraction of sp³-hybridized carbons (Fsp3) is 0.511. The van der Waals surface area contributed by atoms with Gasteiger partial charge in [0.25, 0.3) is 23.6 Å². The lowest BCUT2D eigenvalue weighted by molar-refractivity contribution is -0.139. The second-order valence-corrected chi connectivity index (χ2v) is 38.1. The number of carbonyl (C=O) groups is 6. The van der Waals surface area contributed by atoms with Gasteiger partial charge in [-0.25, -0.2) is 12.7 Å². The van der Waals surface area contributed by atoms with Gasteiger partial charge in [-0.05, 0) is 147 Å². The van der Waals surface area contributed by atoms with Gasteiger partial charge in [-0.3, -0.25) is 51.7 Å². The number of benzene rings is 4. The topological polar surface area (TPSA) is 251 Å². The van der Waals surface area contributed by atoms with Crippen LogP contribution >= 0.6 is 0 Å². The van der Waals surface area contributed by atoms with E-state index in [0.29, 0.717) is 221 Å². The third-order valence-corrected chi connectivity index (χ3v) is 28.4. The number of sulfonamides is 1. The van der Waals surface area contributed by atoms with E-state index in [1.165, 1.54) is 54.6 Å². The Balaban J connectivity index is 0.000000145. The van der Waals surface area contributed by atoms with Crippen LogP contribution < -0.4 is 0 Å². The molecule has 16 rings (SSSR count). The Morgan fingerprint density at radius 1 is 0.354 bits per heavy atom. The van der Waals surface area contributed by atoms with Gasteiger partial charge in [-0.2, -0.15) is 77.4 Å². The quantitative estimate of drug-likeness (QED) is 0.0864. The fourth-order valence-corrected chi connectivity index (χ4v) is 20.6. The van der Waals surface area contributed by atoms with E-state index >= 15 is 0 Å². The maximum absolute atomic E-state index is 13.4. The molecule has 0 radical (unpaired) electrons. The molecule has 127 heavy (non-hydrogen) atoms. The molecule has 0 saturated carbocycles. The lowest BCUT2D eigenvalue weighted by Crippen LogP contribution is -2.40. The second-order valence-electron chi connectivity index (χ2n) is 33.7. The Labute approximate surface area is 729 Å². The molecule has 4 saturated heterocycles. The van der Waals surface area contributed by atoms with Crippen LogP contribution in [0.15, 0.2) is 97.1 Å². The van der Waals surface area contributed by atoms with Crippen molar-refractivity contribution in [2.75, 3.05) is 91.0 Å². The summed E-state index contributed by atoms with van der Waals surface area (Å²) in [7, 11) is -0.465. The van der Waals surface area contributed by atoms with Crippen molar-refractivity contribution in [3.63, 3.8) is 0 Å². The number of amides is 6. The molecule has 686 valence electrons. The molecule has 0 bridgehead atoms. The minimum atomic E-state index is -4.41. The van der Waals surface area contributed by atoms with E-state index in [-0.39, 0.29) is 76.9 Å². The van der Waals surface area contributed by atoms with Crippen molar-refractivity contribution >= 4 is 61.0 Å². The number of fused-ring (bicyclic) bond motifs is 4. The van der Waals surface area contributed by atoms with Crippen LogP contribution in [0, 0.1) is 0 Å². The summed E-state index contributed by atoms with van der Waals surface area (Å²) in [4.78, 5) is 86.6. The van der Waals surface area contributed by atoms with E-state index in [1.54, 1.807) is 116 Å². The minimum Gasteiger partial charge on any atom is -0.338 e. The molecule has 4 aromatic carbocycles. The van der Waals surface area contributed by atoms with Crippen molar-refractivity contribution in [2.24, 2.45) is 21.1 Å². The number of rotatable bonds is 11. The molecule has 6 amide bonds. The van der Waals surface area contributed by atoms with E-state index in [2.05, 4.69) is 26.3 Å². The predicted molar refractivity (Wildman–Crippen MR) is 449 cm³/mol. The number of aromatic nitrogens is 8. The number of alkyl halides is 12. The summed E-state index contributed by atoms with van der Waals surface area (Å²) in [5.41, 5.74) is 6.84. The summed E-state index contributed by atoms with van der Waals surface area (Å²) in [6, 6.07) is 22.7. The third kappa shape index (κ3) is 20.8. The van der Waals surface area contributed by atoms with Gasteiger partial charge in [0.1, 0.15) is 0 Å². The highest BCUT2D eigenvalue weighted by Crippen LogP contribution is 2.45. The van der Waals surface area contributed by atoms with E-state index in [4.69, 9.17) is 0 Å². The van der Waals surface area contributed by atoms with Gasteiger partial charge in [0.2, 0.25) is 21.8 Å². The van der Waals surface area contributed by atoms with Gasteiger partial charge in [-0.15, -0.1) is 0 Å². The normalized spacial score (nSPS) is 18.4. The molecule has 1 unspecified atom stereocenters. The summed E-state index contributed by atoms with van der Waals surface area (Å²) in [6.07, 6.45) is -8.93. The maximum Gasteiger partial charge on any atom is 0.416 e. The first kappa shape index (κ1) is 94.2. The molecule has 8 aliphatic rings. The van der Waals surface area contributed by atoms with E-state index in [9.17, 15) is 94.1 Å². The molecule has 0 N–H and O–H groups in total. The molecule has 4 aromatic heterocycles. The Kier molecular flexibility index (Phi) is 28.0. The third-order valence-electron chi connectivity index (χ3n) is 25.8. The highest BCUT2D eigenvalue weighted by Gasteiger charge is 2.44. The first-order valence-electron chi connectivity index (χ1n) is 42.4. The summed E-state index contributed by atoms with van der Waals surface area (Å²) in [5.74, 6) is 1.81. The Morgan fingerprint density at radius 3 is 0.969 bits per heavy atom. The molecule has 39 heteroatoms. The average Bonchev–Trinajstić information content (AvgIpc) is 1.79. The Bertz CT molecular complexity index is 5670. The van der Waals surface area contributed by atoms with Gasteiger partial charge in [-0.1, -0.05) is 72.8 Å². The molecule has 12 heterocycles. The number of aryl methyl sites for hydroxylation is 4. The standard InChI is InChI=1S/C23H27F3N4O2.C22H27F3N4O2S.C22H25F3N4O2.C21H25F3N4O3S/c1-3-30-20-14-29(15(2)31)13-10-18(20)21(27-30)22(32)28-11-8-16(9-12-28)17-6-4-5-7-19(17)23(24,25)26;1-27-19-14-29(32(2,3)31)13-10-17(19)20(26-27)21(30)28-11-8-15(9-12-28)16-6-4-5-7-18(16)22(23,24)25;1-14(30)29-12-9-19-17(13-29)20(26-27(19)2)21(31)28-10-7-15(8-11-28)16-5-3-4-6-18(16)22(23,24)25;1-26-18-9-12-28(32(2,30)31)13-16(18)19(25-26)20(29)27-10-7-14(8-11-27)15-5-3-4-6-17(15)21(22,23)24/h4-7,16H,3,8-14H2,1-2H3;4-7,15H,2,8-14H2,1,3H3;3-6,15H,7-13H2,1-2H3;3-6,14H,7-13H2,1-2H3. The average molecular weight is 1820 g/mol. The van der Waals surface area contributed by atoms with E-state index in [0.717, 1.165) is 70.0 Å². The SMILES string of the molecule is C=S(C)(=O)N1CCc2c(C(=O)N3CCC(c4ccccc4C(F)(F)F)CC3)nn(C)c2C1.CC(=O)N1CCc2c(c(C(=O)N3CCC(c4ccccc4C(F)(F)F)CC3)nn2C)C1.CCn1nc(C(=O)N2CCC(c3ccccc3C(F)(F)F)CC2)c2c1CN(C(C)=O)CC2.Cn1nc(C(=O)N2CCC(c3ccccc3C(F)(F)F)CC2)c2c1CCN(S(C)(=O)=O)C2. The highest BCUT2D eigenvalue weighted by atomic mass is 32.2. The number of nitrogens with zero attached hydrogens (tertiary/aromatic N) is 16. The van der Waals surface area contributed by atoms with Crippen LogP contribution in [0.1, 0.15) is 227 Å². The molecule has 0 aliphatic carbocycles. The second kappa shape index (κ2) is 37.7. The lowest BCUT2D eigenvalue weighted by Gasteiger charge is -2.33. The number of likely N-dealkylation sites (tertiary alicyclic amines) is 4. The maximum atomic E-state index is 13.4. The van der Waals surface area contributed by atoms with Gasteiger partial charge in [0.15, 0.2) is 22.8 Å². The smallest absolute Gasteiger partial charge is 0.338 e. The van der Waals surface area contributed by atoms with Crippen LogP contribution in [0.25, 0.3) is 0 Å². The van der Waals surface area contributed by atoms with Crippen molar-refractivity contribution in [2.45, 2.75) is 179 Å². The van der Waals surface area contributed by atoms with Gasteiger partial charge in [0.05, 0.1) is 53.0 Å². The summed E-state index contributed by atoms with van der Waals surface area (Å²) >= 11 is 0. The Morgan fingerprint density at radius 2 is 0.638 bits per heavy atom. The summed E-state index contributed by atoms with van der Waals surface area (Å²) in [5, 5.41) is 17.8. The summed E-state index contributed by atoms with van der Waals surface area (Å²) in [6.45, 7) is 11.8. The van der Waals surface area contributed by atoms with Crippen LogP contribution in [0.2, 0.25) is 0 Å². The number of hydrogen-bond acceptors (Lipinski definition) is 13. The van der Waals surface area contributed by atoms with Crippen LogP contribution in [-0.4, -0.2) is 222 Å². The molecule has 0 spiro atoms. The number of hydrogen-bond donors (Lipinski definition) is 0. The lowest BCUT2D eigenvalue weighted by atomic mass is 9.86. The highest BCUT2D eigenvalue weighted by molar-refractivity contribution is 7.97. The predicted octanol–water partition coefficient (Wildman–Crippen LogP) is 13.1. The number of piperidine rings is 4. The van der Waals surface area contributed by atoms with Gasteiger partial charge < -0.3 is 29.4 Å². The first-order chi connectivity index (χ1) is 59.8. The van der Waals surface area contributed by atoms with Crippen molar-refractivity contribution in [1.29, 1.82) is 0 Å². The molecule has 1 atom stereocenters. The van der Waals surface area contributed by atoms with Crippen molar-refractivity contribution in [1.82, 2.24) is 77.1 Å². The molecular weight excluding hydrogens is 1720 g/mol. The zero-order valence-electron chi connectivity index (χ0n) is 71.9. The monoisotopic (exact) mass is 1820 g/mol. The Hall–Kier alpha value is -10.4. The minimum absolute atomic E-state index is 0.00594. The first-order valence-corrected chi connectivity index (χ1v) is 46.3. The fourth-order valence-electron chi connectivity index (χ4n) is 18.9. The zero-order chi connectivity index (χ0) is 91.9. The zero-order valence-corrected chi connectivity index (χ0v) is 73.6. The van der Waals surface area contributed by atoms with Crippen molar-refractivity contribution in [3.8, 4) is 0 Å². The van der Waals surface area contributed by atoms with Gasteiger partial charge in [0, 0.05) is 196 Å². The van der Waals surface area contributed by atoms with E-state index < -0.39 is 66.7 Å². The van der Waals surface area contributed by atoms with Crippen molar-refractivity contribution < 1.29 is 94.1 Å². The van der Waals surface area contributed by atoms with Crippen molar-refractivity contribution in [3.05, 3.63) is 209 Å². The van der Waals surface area contributed by atoms with Gasteiger partial charge >= 0.3 is 24.7 Å². The molecular formula is C88H104F12N16O9S2. The van der Waals surface area contributed by atoms with Crippen LogP contribution in [-0.2, 0) is 134 Å². The molecule has 8 aromatic rings. The largest absolute Gasteiger partial charge is 0.416 e. The molecule has 8 aliphatic heterocycles. The summed E-state index contributed by atoms with van der Waals surface area (Å²) < 4.78 is 207. The number of carbonyl (C=O) groups excluding carboxylic acids is 6. The molecule has 4 fully saturated rings. The van der Waals surface area contributed by atoms with Crippen LogP contribution in [0.3, 0.4) is 0 Å².